The number of H-pyrrole nitrogens is 1. The number of methoxy groups -OCH3 is 2. The molecule has 1 aliphatic carbocycles. The molecule has 37 nitrogen and oxygen atoms in total. The van der Waals surface area contributed by atoms with E-state index < -0.39 is 120 Å². The summed E-state index contributed by atoms with van der Waals surface area (Å²) in [6, 6.07) is 7.99. The number of benzene rings is 1. The lowest BCUT2D eigenvalue weighted by Gasteiger charge is -2.42. The number of piperazine rings is 2. The normalized spacial score (nSPS) is 27.4. The highest BCUT2D eigenvalue weighted by molar-refractivity contribution is 6.39. The number of allylic oxidation sites excluding steroid dienone is 6. The molecule has 710 valence electrons. The fourth-order valence-electron chi connectivity index (χ4n) is 19.9. The topological polar surface area (TPSA) is 468 Å². The molecule has 14 heterocycles. The van der Waals surface area contributed by atoms with Gasteiger partial charge in [-0.15, -0.1) is 0 Å². The number of anilines is 4. The number of rotatable bonds is 14. The van der Waals surface area contributed by atoms with Crippen molar-refractivity contribution in [2.24, 2.45) is 35.3 Å². The summed E-state index contributed by atoms with van der Waals surface area (Å²) in [6.45, 7) is 16.4. The number of pyridine rings is 1. The Bertz CT molecular complexity index is 5770. The Morgan fingerprint density at radius 1 is 0.679 bits per heavy atom. The Morgan fingerprint density at radius 2 is 1.42 bits per heavy atom. The molecule has 8 aromatic rings. The van der Waals surface area contributed by atoms with Gasteiger partial charge in [0.05, 0.1) is 66.1 Å². The third kappa shape index (κ3) is 21.1. The van der Waals surface area contributed by atoms with Crippen LogP contribution in [-0.4, -0.2) is 288 Å². The van der Waals surface area contributed by atoms with Gasteiger partial charge in [-0.3, -0.25) is 28.8 Å². The molecule has 2 bridgehead atoms. The summed E-state index contributed by atoms with van der Waals surface area (Å²) in [5, 5.41) is 41.4. The molecule has 37 heteroatoms. The molecule has 0 unspecified atom stereocenters. The summed E-state index contributed by atoms with van der Waals surface area (Å²) in [7, 11) is 3.09. The van der Waals surface area contributed by atoms with Gasteiger partial charge in [-0.05, 0) is 136 Å². The van der Waals surface area contributed by atoms with Crippen LogP contribution in [0, 0.1) is 29.6 Å². The lowest BCUT2D eigenvalue weighted by atomic mass is 9.80. The number of aliphatic hydroxyl groups is 3. The first-order chi connectivity index (χ1) is 64.6. The van der Waals surface area contributed by atoms with Crippen molar-refractivity contribution in [3.05, 3.63) is 167 Å². The molecule has 5 fully saturated rings. The fraction of sp³-hybridized carbons (Fsp3) is 0.526. The second-order valence-corrected chi connectivity index (χ2v) is 37.2. The number of aliphatic hydroxyl groups excluding tert-OH is 2. The van der Waals surface area contributed by atoms with E-state index in [2.05, 4.69) is 67.9 Å². The molecular formula is C97H121N21O16. The number of nitrogen functional groups attached to an aromatic ring is 1. The van der Waals surface area contributed by atoms with Crippen molar-refractivity contribution >= 4 is 92.6 Å². The van der Waals surface area contributed by atoms with Gasteiger partial charge in [0, 0.05) is 183 Å². The maximum atomic E-state index is 14.8. The number of hydrogen-bond acceptors (Lipinski definition) is 31. The van der Waals surface area contributed by atoms with Gasteiger partial charge < -0.3 is 89.8 Å². The first-order valence-corrected chi connectivity index (χ1v) is 46.8. The zero-order valence-corrected chi connectivity index (χ0v) is 77.2. The molecule has 8 N–H and O–H groups in total. The van der Waals surface area contributed by atoms with E-state index in [1.807, 2.05) is 77.0 Å². The van der Waals surface area contributed by atoms with Crippen LogP contribution in [0.25, 0.3) is 33.3 Å². The molecule has 7 aromatic heterocycles. The lowest BCUT2D eigenvalue weighted by Crippen LogP contribution is -2.61. The number of aromatic amines is 1. The van der Waals surface area contributed by atoms with Crippen LogP contribution in [0.4, 0.5) is 28.2 Å². The molecule has 7 aliphatic heterocycles. The number of ether oxygens (including phenoxy) is 5. The number of piperidine rings is 1. The summed E-state index contributed by atoms with van der Waals surface area (Å²) < 4.78 is 32.5. The van der Waals surface area contributed by atoms with Gasteiger partial charge in [0.1, 0.15) is 59.7 Å². The molecule has 1 aromatic carbocycles. The van der Waals surface area contributed by atoms with E-state index in [-0.39, 0.29) is 67.4 Å². The average Bonchev–Trinajstić information content (AvgIpc) is 1.55. The molecule has 1 saturated carbocycles. The summed E-state index contributed by atoms with van der Waals surface area (Å²) >= 11 is 0. The van der Waals surface area contributed by atoms with Crippen molar-refractivity contribution in [1.29, 1.82) is 0 Å². The predicted molar refractivity (Wildman–Crippen MR) is 495 cm³/mol. The molecule has 15 atom stereocenters. The third-order valence-corrected chi connectivity index (χ3v) is 28.0. The van der Waals surface area contributed by atoms with E-state index >= 15 is 0 Å². The highest BCUT2D eigenvalue weighted by Crippen LogP contribution is 2.40. The van der Waals surface area contributed by atoms with Gasteiger partial charge >= 0.3 is 12.1 Å². The van der Waals surface area contributed by atoms with Crippen molar-refractivity contribution in [1.82, 2.24) is 79.2 Å². The van der Waals surface area contributed by atoms with Crippen molar-refractivity contribution in [3.8, 4) is 11.3 Å². The SMILES string of the molecule is CO[C@H]1C[C@@H]2CC[C@@H](C)[C@@](O)(O2)C(=O)C(=O)N2CCCC[C@H]2C(=O)O[C@H]([C@H](N)C[C@@H]2CC[C@@H](OC(=O)N3CCc4nc(N5CCN(c6cnc(C(=O)N7CCN(c8ncc(C(=O)N9CCc%10cc(Cn%11nc(-c%12cnc%13[nH]ccc%13c%12)c%12c(N)ncnc%12%11)ccc%10C9)cn8)CC7)nc6)CC5)ncc4C3)[C@H](OC)C2)CC(=O)[C@H](C)/C=C(\C)[C@@H](O)[C@@H](O)C(=O)[C@H](C)C[C@H](C)/C=C/C=CC=C1C. The van der Waals surface area contributed by atoms with Crippen molar-refractivity contribution < 1.29 is 77.4 Å². The minimum Gasteiger partial charge on any atom is -0.459 e. The van der Waals surface area contributed by atoms with Crippen molar-refractivity contribution in [3.63, 3.8) is 0 Å². The number of nitrogens with one attached hydrogen (secondary N) is 1. The zero-order valence-electron chi connectivity index (χ0n) is 77.2. The number of aromatic nitrogens is 12. The second kappa shape index (κ2) is 41.7. The Labute approximate surface area is 777 Å². The van der Waals surface area contributed by atoms with Crippen LogP contribution in [0.3, 0.4) is 0 Å². The van der Waals surface area contributed by atoms with E-state index in [1.165, 1.54) is 19.3 Å². The minimum absolute atomic E-state index is 0.00745. The average molecular weight is 1840 g/mol. The Morgan fingerprint density at radius 3 is 2.19 bits per heavy atom. The standard InChI is InChI=1S/C97H121N21O16/c1-56-14-10-9-11-15-57(2)77(130-7)44-71-21-17-61(6)97(129,134-71)85(123)91(125)117-27-13-12-16-74(117)93(127)132-78(45-75(119)58(3)39-60(5)83(121)84(122)82(120)59(4)38-56)72(98)41-62-19-22-76(79(42-62)131-8)133-96(128)116-29-25-73-69(54-116)49-106-95(109-73)114-34-30-111(31-35-114)70-50-102-88(103-51-70)92(126)112-32-36-113(37-33-112)94-104-47-68(48-105-94)90(124)115-28-24-64-40-63(18-20-66(64)53-115)52-118-89-80(86(99)107-55-108-89)81(110-118)67-43-65-23-26-100-87(65)101-46-67/h9-11,14-15,18,20,23,26,39-40,43,46-51,55-56,58-59,61-62,71-72,74,76-79,83-84,121-122,129H,12-13,16-17,19,21-22,24-25,27-38,41-42,44-45,52-54,98H2,1-8H3,(H,100,101)(H2,99,107,108)/b11-9?,14-10+,57-15?,60-39+/t56-,58-,59-,61-,62+,71+,72-,74+,76-,77+,78+,79-,83-,84+,97-/m1/s1. The zero-order chi connectivity index (χ0) is 94.3. The largest absolute Gasteiger partial charge is 0.459 e. The number of ketones is 3. The van der Waals surface area contributed by atoms with E-state index in [0.717, 1.165) is 60.7 Å². The van der Waals surface area contributed by atoms with Crippen molar-refractivity contribution in [2.45, 2.75) is 212 Å². The quantitative estimate of drug-likeness (QED) is 0.0347. The molecule has 4 amide bonds. The van der Waals surface area contributed by atoms with Gasteiger partial charge in [0.25, 0.3) is 23.5 Å². The van der Waals surface area contributed by atoms with Crippen LogP contribution in [0.5, 0.6) is 0 Å². The molecule has 16 rings (SSSR count). The third-order valence-electron chi connectivity index (χ3n) is 28.0. The van der Waals surface area contributed by atoms with Crippen LogP contribution in [0.15, 0.2) is 128 Å². The van der Waals surface area contributed by atoms with Crippen LogP contribution in [0.1, 0.15) is 168 Å². The number of amides is 4. The highest BCUT2D eigenvalue weighted by atomic mass is 16.6. The first-order valence-electron chi connectivity index (χ1n) is 46.8. The van der Waals surface area contributed by atoms with Gasteiger partial charge in [-0.25, -0.2) is 59.1 Å². The van der Waals surface area contributed by atoms with Gasteiger partial charge in [0.15, 0.2) is 11.4 Å². The number of hydrogen-bond donors (Lipinski definition) is 6. The first kappa shape index (κ1) is 94.9. The van der Waals surface area contributed by atoms with E-state index in [4.69, 9.17) is 50.2 Å². The summed E-state index contributed by atoms with van der Waals surface area (Å²) in [6.07, 6.45) is 21.2. The predicted octanol–water partition coefficient (Wildman–Crippen LogP) is 7.59. The number of esters is 1. The maximum Gasteiger partial charge on any atom is 0.410 e. The summed E-state index contributed by atoms with van der Waals surface area (Å²) in [5.41, 5.74) is 23.4. The van der Waals surface area contributed by atoms with Crippen LogP contribution in [-0.2, 0) is 80.1 Å². The molecule has 0 radical (unpaired) electrons. The molecule has 8 aliphatic rings. The van der Waals surface area contributed by atoms with Crippen LogP contribution < -0.4 is 26.2 Å². The Balaban J connectivity index is 0.485. The van der Waals surface area contributed by atoms with Gasteiger partial charge in [0.2, 0.25) is 23.5 Å². The number of nitrogens with zero attached hydrogens (tertiary/aromatic N) is 18. The number of carbonyl (C=O) groups excluding carboxylic acids is 8. The Kier molecular flexibility index (Phi) is 29.5. The molecular weight excluding hydrogens is 1720 g/mol. The van der Waals surface area contributed by atoms with Crippen LogP contribution >= 0.6 is 0 Å². The lowest BCUT2D eigenvalue weighted by molar-refractivity contribution is -0.265. The minimum atomic E-state index is -2.52. The smallest absolute Gasteiger partial charge is 0.410 e. The molecule has 4 saturated heterocycles. The highest BCUT2D eigenvalue weighted by Gasteiger charge is 2.54. The summed E-state index contributed by atoms with van der Waals surface area (Å²) in [5.74, 6) is -8.33. The number of fused-ring (bicyclic) bond motifs is 7. The molecule has 0 spiro atoms. The number of Topliss-reactive ketones (excluding diaryl/α,β-unsaturated/α-hetero) is 3. The van der Waals surface area contributed by atoms with Gasteiger partial charge in [-0.2, -0.15) is 5.10 Å². The second-order valence-electron chi connectivity index (χ2n) is 37.2. The monoisotopic (exact) mass is 1840 g/mol. The van der Waals surface area contributed by atoms with Crippen molar-refractivity contribution in [2.75, 3.05) is 107 Å². The van der Waals surface area contributed by atoms with E-state index in [1.54, 1.807) is 82.0 Å². The Hall–Kier alpha value is -12.3. The number of nitrogens with two attached hydrogens (primary N) is 2. The van der Waals surface area contributed by atoms with Gasteiger partial charge in [-0.1, -0.05) is 82.4 Å². The van der Waals surface area contributed by atoms with E-state index in [9.17, 15) is 53.7 Å². The number of cyclic esters (lactones) is 1. The number of carbonyl (C=O) groups is 8. The maximum absolute atomic E-state index is 14.8. The van der Waals surface area contributed by atoms with Crippen LogP contribution in [0.2, 0.25) is 0 Å². The molecule has 134 heavy (non-hydrogen) atoms. The van der Waals surface area contributed by atoms with E-state index in [0.29, 0.717) is 183 Å². The fourth-order valence-corrected chi connectivity index (χ4v) is 19.9. The summed E-state index contributed by atoms with van der Waals surface area (Å²) in [4.78, 5) is 171.